The van der Waals surface area contributed by atoms with Crippen LogP contribution in [0, 0.1) is 6.42 Å². The van der Waals surface area contributed by atoms with E-state index in [0.29, 0.717) is 0 Å². The van der Waals surface area contributed by atoms with Crippen molar-refractivity contribution >= 4 is 12.2 Å². The van der Waals surface area contributed by atoms with Crippen molar-refractivity contribution in [2.45, 2.75) is 40.7 Å². The first-order valence-electron chi connectivity index (χ1n) is 5.75. The van der Waals surface area contributed by atoms with Gasteiger partial charge in [-0.1, -0.05) is 26.8 Å². The van der Waals surface area contributed by atoms with Gasteiger partial charge >= 0.3 is 29.6 Å². The maximum Gasteiger partial charge on any atom is 1.00 e. The summed E-state index contributed by atoms with van der Waals surface area (Å²) >= 11 is 0. The number of carbonyl (C=O) groups is 1. The monoisotopic (exact) mass is 251 g/mol. The van der Waals surface area contributed by atoms with Crippen molar-refractivity contribution in [3.63, 3.8) is 0 Å². The first kappa shape index (κ1) is 22.3. The Kier molecular flexibility index (Phi) is 21.1. The molecule has 0 aromatic carbocycles. The van der Waals surface area contributed by atoms with Crippen molar-refractivity contribution in [1.29, 1.82) is 0 Å². The zero-order valence-corrected chi connectivity index (χ0v) is 14.0. The summed E-state index contributed by atoms with van der Waals surface area (Å²) < 4.78 is 0. The maximum absolute atomic E-state index is 10.6. The van der Waals surface area contributed by atoms with E-state index in [9.17, 15) is 4.79 Å². The van der Waals surface area contributed by atoms with E-state index in [2.05, 4.69) is 23.6 Å². The van der Waals surface area contributed by atoms with E-state index in [1.165, 1.54) is 13.2 Å². The number of likely N-dealkylation sites (N-methyl/N-ethyl adjacent to an activating group) is 1. The molecule has 1 unspecified atom stereocenters. The molecule has 1 atom stereocenters. The van der Waals surface area contributed by atoms with Crippen molar-refractivity contribution < 1.29 is 39.1 Å². The molecule has 0 spiro atoms. The third-order valence-electron chi connectivity index (χ3n) is 1.94. The van der Waals surface area contributed by atoms with E-state index in [1.807, 2.05) is 13.8 Å². The zero-order chi connectivity index (χ0) is 13.0. The van der Waals surface area contributed by atoms with E-state index < -0.39 is 0 Å². The Bertz CT molecular complexity index is 189. The van der Waals surface area contributed by atoms with Gasteiger partial charge in [0.2, 0.25) is 5.91 Å². The van der Waals surface area contributed by atoms with Gasteiger partial charge in [0.25, 0.3) is 0 Å². The molecule has 1 aliphatic rings. The Morgan fingerprint density at radius 1 is 1.53 bits per heavy atom. The number of amides is 1. The summed E-state index contributed by atoms with van der Waals surface area (Å²) in [7, 11) is 0. The minimum absolute atomic E-state index is 0. The third-order valence-corrected chi connectivity index (χ3v) is 1.94. The largest absolute Gasteiger partial charge is 1.00 e. The number of carbonyl (C=O) groups excluding carboxylic acids is 2. The van der Waals surface area contributed by atoms with Crippen molar-refractivity contribution in [3.05, 3.63) is 6.42 Å². The van der Waals surface area contributed by atoms with Gasteiger partial charge in [0.1, 0.15) is 0 Å². The van der Waals surface area contributed by atoms with Gasteiger partial charge in [-0.2, -0.15) is 6.92 Å². The standard InChI is InChI=1S/C8H15N2O.C2H3O.C2H6.Na/c1-3-10-5-4-8(6-10)9-7(2)11;1-2-3;1-2;/h4,8H,3,5-6H2,1-2H3,(H,9,11);1H3;1-2H3;/q2*-1;;+1. The van der Waals surface area contributed by atoms with E-state index in [-0.39, 0.29) is 41.5 Å². The number of hydrogen-bond donors (Lipinski definition) is 1. The van der Waals surface area contributed by atoms with E-state index >= 15 is 0 Å². The van der Waals surface area contributed by atoms with Crippen molar-refractivity contribution in [2.75, 3.05) is 19.6 Å². The van der Waals surface area contributed by atoms with Crippen LogP contribution in [0.25, 0.3) is 0 Å². The number of nitrogens with one attached hydrogen (secondary N) is 1. The molecule has 0 radical (unpaired) electrons. The molecule has 1 fully saturated rings. The van der Waals surface area contributed by atoms with Crippen LogP contribution in [0.1, 0.15) is 34.6 Å². The second-order valence-corrected chi connectivity index (χ2v) is 3.10. The minimum Gasteiger partial charge on any atom is -0.542 e. The predicted octanol–water partition coefficient (Wildman–Crippen LogP) is -1.82. The molecule has 0 bridgehead atoms. The molecule has 4 nitrogen and oxygen atoms in total. The summed E-state index contributed by atoms with van der Waals surface area (Å²) in [5, 5.41) is 2.87. The van der Waals surface area contributed by atoms with Gasteiger partial charge in [-0.25, -0.2) is 0 Å². The molecule has 0 aliphatic carbocycles. The number of nitrogens with zero attached hydrogens (tertiary/aromatic N) is 1. The molecule has 1 rings (SSSR count). The summed E-state index contributed by atoms with van der Waals surface area (Å²) in [5.74, 6) is 0.0594. The smallest absolute Gasteiger partial charge is 0.542 e. The van der Waals surface area contributed by atoms with Crippen LogP contribution in [0.3, 0.4) is 0 Å². The van der Waals surface area contributed by atoms with Crippen LogP contribution < -0.4 is 34.9 Å². The summed E-state index contributed by atoms with van der Waals surface area (Å²) in [5.41, 5.74) is 0. The van der Waals surface area contributed by atoms with Crippen LogP contribution in [0.15, 0.2) is 0 Å². The molecule has 17 heavy (non-hydrogen) atoms. The molecule has 0 saturated carbocycles. The average molecular weight is 251 g/mol. The molecule has 1 aliphatic heterocycles. The molecule has 5 heteroatoms. The van der Waals surface area contributed by atoms with Gasteiger partial charge in [-0.3, -0.25) is 17.5 Å². The molecular weight excluding hydrogens is 227 g/mol. The summed E-state index contributed by atoms with van der Waals surface area (Å²) in [6, 6.07) is 0.271. The molecule has 0 aromatic heterocycles. The Labute approximate surface area is 128 Å². The van der Waals surface area contributed by atoms with Gasteiger partial charge < -0.3 is 15.0 Å². The van der Waals surface area contributed by atoms with Gasteiger partial charge in [-0.05, 0) is 13.1 Å². The Hall–Kier alpha value is 0.1000. The third kappa shape index (κ3) is 14.0. The average Bonchev–Trinajstić information content (AvgIpc) is 2.69. The first-order chi connectivity index (χ1) is 7.63. The van der Waals surface area contributed by atoms with Crippen molar-refractivity contribution in [1.82, 2.24) is 10.2 Å². The Morgan fingerprint density at radius 3 is 2.29 bits per heavy atom. The molecule has 0 aromatic rings. The fourth-order valence-electron chi connectivity index (χ4n) is 1.33. The van der Waals surface area contributed by atoms with Crippen LogP contribution >= 0.6 is 0 Å². The maximum atomic E-state index is 10.6. The van der Waals surface area contributed by atoms with E-state index in [0.717, 1.165) is 19.6 Å². The molecule has 96 valence electrons. The number of likely N-dealkylation sites (tertiary alicyclic amines) is 1. The van der Waals surface area contributed by atoms with Gasteiger partial charge in [0.15, 0.2) is 0 Å². The topological polar surface area (TPSA) is 49.4 Å². The normalized spacial score (nSPS) is 17.6. The van der Waals surface area contributed by atoms with Crippen molar-refractivity contribution in [3.8, 4) is 0 Å². The quantitative estimate of drug-likeness (QED) is 0.464. The van der Waals surface area contributed by atoms with Gasteiger partial charge in [-0.15, -0.1) is 6.54 Å². The Morgan fingerprint density at radius 2 is 2.00 bits per heavy atom. The fourth-order valence-corrected chi connectivity index (χ4v) is 1.33. The molecular formula is C12H24N2NaO2-. The van der Waals surface area contributed by atoms with Crippen LogP contribution in [-0.2, 0) is 9.59 Å². The van der Waals surface area contributed by atoms with E-state index in [1.54, 1.807) is 6.92 Å². The van der Waals surface area contributed by atoms with Crippen LogP contribution in [0.2, 0.25) is 0 Å². The number of hydrogen-bond acceptors (Lipinski definition) is 3. The molecule has 1 amide bonds. The van der Waals surface area contributed by atoms with Crippen LogP contribution in [0.4, 0.5) is 0 Å². The molecule has 1 saturated heterocycles. The molecule has 1 heterocycles. The number of rotatable bonds is 2. The second kappa shape index (κ2) is 16.1. The summed E-state index contributed by atoms with van der Waals surface area (Å²) in [4.78, 5) is 21.6. The van der Waals surface area contributed by atoms with Crippen LogP contribution in [-0.4, -0.2) is 42.8 Å². The predicted molar refractivity (Wildman–Crippen MR) is 66.7 cm³/mol. The SMILES string of the molecule is CC.CCN1C[CH-]C(NC(C)=O)C1.C[C-]=O.[Na+]. The fraction of sp³-hybridized carbons (Fsp3) is 0.750. The summed E-state index contributed by atoms with van der Waals surface area (Å²) in [6.45, 7) is 12.0. The minimum atomic E-state index is 0. The van der Waals surface area contributed by atoms with Gasteiger partial charge in [0.05, 0.1) is 0 Å². The summed E-state index contributed by atoms with van der Waals surface area (Å²) in [6.07, 6.45) is 3.64. The second-order valence-electron chi connectivity index (χ2n) is 3.10. The van der Waals surface area contributed by atoms with Crippen molar-refractivity contribution in [2.24, 2.45) is 0 Å². The first-order valence-corrected chi connectivity index (χ1v) is 5.75. The van der Waals surface area contributed by atoms with Crippen LogP contribution in [0.5, 0.6) is 0 Å². The zero-order valence-electron chi connectivity index (χ0n) is 12.0. The van der Waals surface area contributed by atoms with E-state index in [4.69, 9.17) is 4.79 Å². The van der Waals surface area contributed by atoms with Gasteiger partial charge in [0, 0.05) is 6.92 Å². The Balaban J connectivity index is -0.000000286. The molecule has 1 N–H and O–H groups in total.